The average molecular weight is 195 g/mol. The first-order valence-electron chi connectivity index (χ1n) is 4.54. The van der Waals surface area contributed by atoms with E-state index in [1.165, 1.54) is 12.1 Å². The lowest BCUT2D eigenvalue weighted by atomic mass is 10.1. The van der Waals surface area contributed by atoms with Gasteiger partial charge in [-0.15, -0.1) is 0 Å². The van der Waals surface area contributed by atoms with Gasteiger partial charge in [0.25, 0.3) is 0 Å². The van der Waals surface area contributed by atoms with Gasteiger partial charge in [-0.3, -0.25) is 4.79 Å². The van der Waals surface area contributed by atoms with Gasteiger partial charge < -0.3 is 4.90 Å². The summed E-state index contributed by atoms with van der Waals surface area (Å²) in [5.74, 6) is -0.151. The quantitative estimate of drug-likeness (QED) is 0.720. The van der Waals surface area contributed by atoms with Crippen molar-refractivity contribution in [2.24, 2.45) is 0 Å². The monoisotopic (exact) mass is 195 g/mol. The third-order valence-corrected chi connectivity index (χ3v) is 2.04. The van der Waals surface area contributed by atoms with Crippen LogP contribution in [0, 0.1) is 5.82 Å². The van der Waals surface area contributed by atoms with E-state index >= 15 is 0 Å². The molecule has 0 bridgehead atoms. The Morgan fingerprint density at radius 1 is 1.29 bits per heavy atom. The summed E-state index contributed by atoms with van der Waals surface area (Å²) in [6, 6.07) is 6.24. The van der Waals surface area contributed by atoms with Gasteiger partial charge in [-0.2, -0.15) is 0 Å². The summed E-state index contributed by atoms with van der Waals surface area (Å²) in [6.07, 6.45) is 1.13. The maximum atomic E-state index is 12.5. The van der Waals surface area contributed by atoms with E-state index in [-0.39, 0.29) is 11.7 Å². The summed E-state index contributed by atoms with van der Waals surface area (Å²) in [6.45, 7) is 0. The van der Waals surface area contributed by atoms with Crippen LogP contribution >= 0.6 is 0 Å². The molecular formula is C11H14FNO. The van der Waals surface area contributed by atoms with E-state index in [1.54, 1.807) is 31.1 Å². The fraction of sp³-hybridized carbons (Fsp3) is 0.364. The van der Waals surface area contributed by atoms with Gasteiger partial charge in [-0.05, 0) is 24.1 Å². The van der Waals surface area contributed by atoms with E-state index in [0.717, 1.165) is 5.56 Å². The summed E-state index contributed by atoms with van der Waals surface area (Å²) >= 11 is 0. The molecule has 0 radical (unpaired) electrons. The number of nitrogens with zero attached hydrogens (tertiary/aromatic N) is 1. The summed E-state index contributed by atoms with van der Waals surface area (Å²) in [5.41, 5.74) is 0.988. The second kappa shape index (κ2) is 4.74. The van der Waals surface area contributed by atoms with Crippen molar-refractivity contribution in [2.75, 3.05) is 14.1 Å². The van der Waals surface area contributed by atoms with Crippen molar-refractivity contribution in [2.45, 2.75) is 12.8 Å². The van der Waals surface area contributed by atoms with Crippen molar-refractivity contribution in [3.63, 3.8) is 0 Å². The minimum atomic E-state index is -0.243. The van der Waals surface area contributed by atoms with Crippen molar-refractivity contribution in [1.82, 2.24) is 4.90 Å². The molecular weight excluding hydrogens is 181 g/mol. The van der Waals surface area contributed by atoms with Gasteiger partial charge in [0.05, 0.1) is 0 Å². The van der Waals surface area contributed by atoms with Crippen molar-refractivity contribution < 1.29 is 9.18 Å². The van der Waals surface area contributed by atoms with Crippen LogP contribution in [0.2, 0.25) is 0 Å². The van der Waals surface area contributed by atoms with E-state index in [0.29, 0.717) is 12.8 Å². The minimum absolute atomic E-state index is 0.0920. The number of carbonyl (C=O) groups excluding carboxylic acids is 1. The molecule has 0 aliphatic carbocycles. The van der Waals surface area contributed by atoms with Gasteiger partial charge in [0.15, 0.2) is 0 Å². The van der Waals surface area contributed by atoms with E-state index in [2.05, 4.69) is 0 Å². The Kier molecular flexibility index (Phi) is 3.63. The fourth-order valence-corrected chi connectivity index (χ4v) is 1.13. The Labute approximate surface area is 83.3 Å². The SMILES string of the molecule is CN(C)C(=O)CCc1ccc(F)cc1. The molecule has 0 saturated heterocycles. The van der Waals surface area contributed by atoms with E-state index in [4.69, 9.17) is 0 Å². The number of hydrogen-bond donors (Lipinski definition) is 0. The predicted octanol–water partition coefficient (Wildman–Crippen LogP) is 1.85. The number of benzene rings is 1. The minimum Gasteiger partial charge on any atom is -0.349 e. The first-order chi connectivity index (χ1) is 6.59. The molecule has 1 aromatic carbocycles. The van der Waals surface area contributed by atoms with Crippen LogP contribution < -0.4 is 0 Å². The zero-order valence-electron chi connectivity index (χ0n) is 8.46. The second-order valence-electron chi connectivity index (χ2n) is 3.41. The highest BCUT2D eigenvalue weighted by atomic mass is 19.1. The van der Waals surface area contributed by atoms with Crippen molar-refractivity contribution in [3.05, 3.63) is 35.6 Å². The summed E-state index contributed by atoms with van der Waals surface area (Å²) < 4.78 is 12.5. The van der Waals surface area contributed by atoms with Crippen LogP contribution in [0.5, 0.6) is 0 Å². The highest BCUT2D eigenvalue weighted by Crippen LogP contribution is 2.05. The van der Waals surface area contributed by atoms with Gasteiger partial charge in [0.1, 0.15) is 5.82 Å². The van der Waals surface area contributed by atoms with Crippen LogP contribution in [0.4, 0.5) is 4.39 Å². The second-order valence-corrected chi connectivity index (χ2v) is 3.41. The first-order valence-corrected chi connectivity index (χ1v) is 4.54. The molecule has 0 saturated carbocycles. The number of rotatable bonds is 3. The zero-order valence-corrected chi connectivity index (χ0v) is 8.46. The molecule has 0 spiro atoms. The molecule has 0 heterocycles. The van der Waals surface area contributed by atoms with Crippen molar-refractivity contribution in [1.29, 1.82) is 0 Å². The van der Waals surface area contributed by atoms with E-state index in [9.17, 15) is 9.18 Å². The number of carbonyl (C=O) groups is 1. The van der Waals surface area contributed by atoms with E-state index in [1.807, 2.05) is 0 Å². The molecule has 0 aliphatic heterocycles. The van der Waals surface area contributed by atoms with Gasteiger partial charge in [0.2, 0.25) is 5.91 Å². The molecule has 14 heavy (non-hydrogen) atoms. The Morgan fingerprint density at radius 3 is 2.36 bits per heavy atom. The van der Waals surface area contributed by atoms with Crippen LogP contribution in [0.25, 0.3) is 0 Å². The Balaban J connectivity index is 2.46. The Bertz CT molecular complexity index is 306. The lowest BCUT2D eigenvalue weighted by Gasteiger charge is -2.09. The molecule has 1 rings (SSSR count). The number of hydrogen-bond acceptors (Lipinski definition) is 1. The van der Waals surface area contributed by atoms with Gasteiger partial charge >= 0.3 is 0 Å². The maximum absolute atomic E-state index is 12.5. The summed E-state index contributed by atoms with van der Waals surface area (Å²) in [4.78, 5) is 12.8. The Morgan fingerprint density at radius 2 is 1.86 bits per heavy atom. The lowest BCUT2D eigenvalue weighted by Crippen LogP contribution is -2.21. The highest BCUT2D eigenvalue weighted by Gasteiger charge is 2.03. The smallest absolute Gasteiger partial charge is 0.222 e. The standard InChI is InChI=1S/C11H14FNO/c1-13(2)11(14)8-5-9-3-6-10(12)7-4-9/h3-4,6-7H,5,8H2,1-2H3. The number of aryl methyl sites for hydroxylation is 1. The van der Waals surface area contributed by atoms with Crippen LogP contribution in [0.15, 0.2) is 24.3 Å². The number of halogens is 1. The normalized spacial score (nSPS) is 9.93. The third kappa shape index (κ3) is 3.17. The fourth-order valence-electron chi connectivity index (χ4n) is 1.13. The van der Waals surface area contributed by atoms with Crippen LogP contribution in [0.3, 0.4) is 0 Å². The highest BCUT2D eigenvalue weighted by molar-refractivity contribution is 5.75. The van der Waals surface area contributed by atoms with Crippen LogP contribution in [-0.2, 0) is 11.2 Å². The molecule has 1 amide bonds. The first kappa shape index (κ1) is 10.7. The van der Waals surface area contributed by atoms with Gasteiger partial charge in [-0.25, -0.2) is 4.39 Å². The Hall–Kier alpha value is -1.38. The molecule has 0 fully saturated rings. The molecule has 0 atom stereocenters. The molecule has 0 aromatic heterocycles. The molecule has 0 aliphatic rings. The predicted molar refractivity (Wildman–Crippen MR) is 53.4 cm³/mol. The average Bonchev–Trinajstić information content (AvgIpc) is 2.16. The summed E-state index contributed by atoms with van der Waals surface area (Å²) in [5, 5.41) is 0. The third-order valence-electron chi connectivity index (χ3n) is 2.04. The zero-order chi connectivity index (χ0) is 10.6. The van der Waals surface area contributed by atoms with E-state index < -0.39 is 0 Å². The topological polar surface area (TPSA) is 20.3 Å². The molecule has 3 heteroatoms. The molecule has 0 unspecified atom stereocenters. The molecule has 0 N–H and O–H groups in total. The van der Waals surface area contributed by atoms with Crippen LogP contribution in [-0.4, -0.2) is 24.9 Å². The summed E-state index contributed by atoms with van der Waals surface area (Å²) in [7, 11) is 3.46. The lowest BCUT2D eigenvalue weighted by molar-refractivity contribution is -0.128. The van der Waals surface area contributed by atoms with Gasteiger partial charge in [-0.1, -0.05) is 12.1 Å². The van der Waals surface area contributed by atoms with Crippen molar-refractivity contribution >= 4 is 5.91 Å². The van der Waals surface area contributed by atoms with Gasteiger partial charge in [0, 0.05) is 20.5 Å². The van der Waals surface area contributed by atoms with Crippen LogP contribution in [0.1, 0.15) is 12.0 Å². The largest absolute Gasteiger partial charge is 0.349 e. The number of amides is 1. The maximum Gasteiger partial charge on any atom is 0.222 e. The molecule has 1 aromatic rings. The molecule has 2 nitrogen and oxygen atoms in total. The molecule has 76 valence electrons. The van der Waals surface area contributed by atoms with Crippen molar-refractivity contribution in [3.8, 4) is 0 Å².